The molecule has 0 aromatic heterocycles. The van der Waals surface area contributed by atoms with Crippen LogP contribution in [0.5, 0.6) is 0 Å². The summed E-state index contributed by atoms with van der Waals surface area (Å²) in [5.41, 5.74) is 1.88. The zero-order chi connectivity index (χ0) is 9.68. The van der Waals surface area contributed by atoms with Crippen molar-refractivity contribution in [2.75, 3.05) is 0 Å². The summed E-state index contributed by atoms with van der Waals surface area (Å²) in [4.78, 5) is 15.1. The molecule has 0 aliphatic heterocycles. The van der Waals surface area contributed by atoms with Gasteiger partial charge in [0, 0.05) is 12.6 Å². The molecular formula is C11H13NO. The van der Waals surface area contributed by atoms with Crippen LogP contribution in [0.3, 0.4) is 0 Å². The van der Waals surface area contributed by atoms with E-state index in [0.717, 1.165) is 11.3 Å². The molecule has 0 bridgehead atoms. The Bertz CT molecular complexity index is 329. The van der Waals surface area contributed by atoms with Gasteiger partial charge in [0.05, 0.1) is 5.69 Å². The lowest BCUT2D eigenvalue weighted by Crippen LogP contribution is -1.96. The van der Waals surface area contributed by atoms with Crippen molar-refractivity contribution >= 4 is 17.7 Å². The van der Waals surface area contributed by atoms with E-state index in [9.17, 15) is 4.79 Å². The summed E-state index contributed by atoms with van der Waals surface area (Å²) >= 11 is 0. The maximum Gasteiger partial charge on any atom is 0.134 e. The third kappa shape index (κ3) is 2.82. The first kappa shape index (κ1) is 9.65. The summed E-state index contributed by atoms with van der Waals surface area (Å²) in [5.74, 6) is 0.166. The lowest BCUT2D eigenvalue weighted by atomic mass is 10.1. The number of carbonyl (C=O) groups is 1. The molecule has 2 nitrogen and oxygen atoms in total. The summed E-state index contributed by atoms with van der Waals surface area (Å²) in [6.07, 6.45) is 2.20. The second-order valence-corrected chi connectivity index (χ2v) is 2.89. The Balaban J connectivity index is 2.97. The number of aliphatic imine (C=N–C) groups is 1. The maximum absolute atomic E-state index is 10.9. The summed E-state index contributed by atoms with van der Waals surface area (Å²) in [5, 5.41) is 0. The Morgan fingerprint density at radius 1 is 1.46 bits per heavy atom. The smallest absolute Gasteiger partial charge is 0.134 e. The Morgan fingerprint density at radius 2 is 2.15 bits per heavy atom. The normalized spacial score (nSPS) is 10.6. The van der Waals surface area contributed by atoms with Gasteiger partial charge in [0.2, 0.25) is 0 Å². The summed E-state index contributed by atoms with van der Waals surface area (Å²) in [6.45, 7) is 3.46. The van der Waals surface area contributed by atoms with Gasteiger partial charge in [-0.05, 0) is 25.5 Å². The minimum Gasteiger partial charge on any atom is -0.300 e. The molecule has 13 heavy (non-hydrogen) atoms. The number of rotatable bonds is 3. The topological polar surface area (TPSA) is 29.4 Å². The molecule has 0 saturated heterocycles. The quantitative estimate of drug-likeness (QED) is 0.649. The fraction of sp³-hybridized carbons (Fsp3) is 0.273. The van der Waals surface area contributed by atoms with Crippen LogP contribution in [0.2, 0.25) is 0 Å². The number of hydrogen-bond donors (Lipinski definition) is 0. The fourth-order valence-corrected chi connectivity index (χ4v) is 1.19. The van der Waals surface area contributed by atoms with Crippen molar-refractivity contribution in [3.63, 3.8) is 0 Å². The van der Waals surface area contributed by atoms with Gasteiger partial charge in [-0.1, -0.05) is 18.2 Å². The zero-order valence-electron chi connectivity index (χ0n) is 7.95. The van der Waals surface area contributed by atoms with Gasteiger partial charge < -0.3 is 0 Å². The molecule has 68 valence electrons. The summed E-state index contributed by atoms with van der Waals surface area (Å²) in [6, 6.07) is 7.70. The van der Waals surface area contributed by atoms with Crippen molar-refractivity contribution in [3.05, 3.63) is 29.8 Å². The Hall–Kier alpha value is -1.44. The van der Waals surface area contributed by atoms with Crippen molar-refractivity contribution < 1.29 is 4.79 Å². The van der Waals surface area contributed by atoms with Crippen LogP contribution in [0, 0.1) is 0 Å². The number of benzene rings is 1. The van der Waals surface area contributed by atoms with Crippen LogP contribution in [0.25, 0.3) is 0 Å². The molecule has 0 atom stereocenters. The number of para-hydroxylation sites is 1. The highest BCUT2D eigenvalue weighted by Crippen LogP contribution is 2.18. The van der Waals surface area contributed by atoms with Gasteiger partial charge in [0.15, 0.2) is 0 Å². The van der Waals surface area contributed by atoms with Crippen LogP contribution in [0.15, 0.2) is 29.3 Å². The Labute approximate surface area is 78.3 Å². The Kier molecular flexibility index (Phi) is 3.38. The summed E-state index contributed by atoms with van der Waals surface area (Å²) < 4.78 is 0. The Morgan fingerprint density at radius 3 is 2.77 bits per heavy atom. The van der Waals surface area contributed by atoms with E-state index < -0.39 is 0 Å². The van der Waals surface area contributed by atoms with Crippen LogP contribution in [0.4, 0.5) is 5.69 Å². The van der Waals surface area contributed by atoms with E-state index in [2.05, 4.69) is 4.99 Å². The molecule has 1 aromatic carbocycles. The van der Waals surface area contributed by atoms with Crippen molar-refractivity contribution in [2.24, 2.45) is 4.99 Å². The van der Waals surface area contributed by atoms with E-state index in [0.29, 0.717) is 6.42 Å². The van der Waals surface area contributed by atoms with Crippen molar-refractivity contribution in [1.29, 1.82) is 0 Å². The zero-order valence-corrected chi connectivity index (χ0v) is 7.95. The first-order valence-corrected chi connectivity index (χ1v) is 4.30. The predicted octanol–water partition coefficient (Wildman–Crippen LogP) is 2.54. The van der Waals surface area contributed by atoms with E-state index in [1.165, 1.54) is 0 Å². The molecule has 0 fully saturated rings. The van der Waals surface area contributed by atoms with Gasteiger partial charge in [-0.3, -0.25) is 9.79 Å². The van der Waals surface area contributed by atoms with Crippen molar-refractivity contribution in [3.8, 4) is 0 Å². The van der Waals surface area contributed by atoms with Crippen molar-refractivity contribution in [1.82, 2.24) is 0 Å². The average molecular weight is 175 g/mol. The monoisotopic (exact) mass is 175 g/mol. The number of Topliss-reactive ketones (excluding diaryl/α,β-unsaturated/α-hetero) is 1. The lowest BCUT2D eigenvalue weighted by molar-refractivity contribution is -0.116. The SMILES string of the molecule is CC=Nc1ccccc1CC(C)=O. The van der Waals surface area contributed by atoms with E-state index in [1.807, 2.05) is 31.2 Å². The molecular weight excluding hydrogens is 162 g/mol. The highest BCUT2D eigenvalue weighted by Gasteiger charge is 2.01. The number of hydrogen-bond acceptors (Lipinski definition) is 2. The van der Waals surface area contributed by atoms with E-state index in [4.69, 9.17) is 0 Å². The average Bonchev–Trinajstić information content (AvgIpc) is 2.08. The van der Waals surface area contributed by atoms with Crippen LogP contribution in [0.1, 0.15) is 19.4 Å². The van der Waals surface area contributed by atoms with Gasteiger partial charge in [-0.15, -0.1) is 0 Å². The lowest BCUT2D eigenvalue weighted by Gasteiger charge is -2.01. The molecule has 0 radical (unpaired) electrons. The standard InChI is InChI=1S/C11H13NO/c1-3-12-11-7-5-4-6-10(11)8-9(2)13/h3-7H,8H2,1-2H3. The molecule has 0 aliphatic carbocycles. The molecule has 2 heteroatoms. The van der Waals surface area contributed by atoms with Gasteiger partial charge in [-0.25, -0.2) is 0 Å². The third-order valence-electron chi connectivity index (χ3n) is 1.70. The van der Waals surface area contributed by atoms with E-state index >= 15 is 0 Å². The number of carbonyl (C=O) groups excluding carboxylic acids is 1. The highest BCUT2D eigenvalue weighted by atomic mass is 16.1. The van der Waals surface area contributed by atoms with Gasteiger partial charge in [-0.2, -0.15) is 0 Å². The molecule has 0 unspecified atom stereocenters. The van der Waals surface area contributed by atoms with Gasteiger partial charge >= 0.3 is 0 Å². The van der Waals surface area contributed by atoms with Crippen molar-refractivity contribution in [2.45, 2.75) is 20.3 Å². The molecule has 0 N–H and O–H groups in total. The molecule has 0 amide bonds. The summed E-state index contributed by atoms with van der Waals surface area (Å²) in [7, 11) is 0. The molecule has 0 saturated carbocycles. The van der Waals surface area contributed by atoms with Gasteiger partial charge in [0.1, 0.15) is 5.78 Å². The maximum atomic E-state index is 10.9. The van der Waals surface area contributed by atoms with E-state index in [-0.39, 0.29) is 5.78 Å². The van der Waals surface area contributed by atoms with Crippen LogP contribution in [-0.2, 0) is 11.2 Å². The number of ketones is 1. The molecule has 1 aromatic rings. The molecule has 0 heterocycles. The first-order chi connectivity index (χ1) is 6.24. The van der Waals surface area contributed by atoms with E-state index in [1.54, 1.807) is 13.1 Å². The van der Waals surface area contributed by atoms with Crippen LogP contribution < -0.4 is 0 Å². The van der Waals surface area contributed by atoms with Gasteiger partial charge in [0.25, 0.3) is 0 Å². The largest absolute Gasteiger partial charge is 0.300 e. The second kappa shape index (κ2) is 4.55. The predicted molar refractivity (Wildman–Crippen MR) is 54.7 cm³/mol. The second-order valence-electron chi connectivity index (χ2n) is 2.89. The fourth-order valence-electron chi connectivity index (χ4n) is 1.19. The first-order valence-electron chi connectivity index (χ1n) is 4.30. The number of nitrogens with zero attached hydrogens (tertiary/aromatic N) is 1. The third-order valence-corrected chi connectivity index (χ3v) is 1.70. The molecule has 0 aliphatic rings. The highest BCUT2D eigenvalue weighted by molar-refractivity contribution is 5.80. The minimum absolute atomic E-state index is 0.166. The van der Waals surface area contributed by atoms with Crippen LogP contribution >= 0.6 is 0 Å². The molecule has 0 spiro atoms. The van der Waals surface area contributed by atoms with Crippen LogP contribution in [-0.4, -0.2) is 12.0 Å². The minimum atomic E-state index is 0.166. The molecule has 1 rings (SSSR count).